The molecule has 7 atom stereocenters. The van der Waals surface area contributed by atoms with Crippen LogP contribution in [0.5, 0.6) is 0 Å². The molecule has 0 unspecified atom stereocenters. The molecule has 5 rings (SSSR count). The molecule has 0 aromatic carbocycles. The average molecular weight is 601 g/mol. The van der Waals surface area contributed by atoms with Crippen LogP contribution < -0.4 is 5.32 Å². The molecule has 0 saturated heterocycles. The Hall–Kier alpha value is -2.48. The fraction of sp³-hybridized carbons (Fsp3) is 0.744. The summed E-state index contributed by atoms with van der Waals surface area (Å²) in [5.74, 6) is 0.0827. The van der Waals surface area contributed by atoms with Crippen molar-refractivity contribution in [2.45, 2.75) is 127 Å². The number of carbonyl (C=O) groups is 3. The largest absolute Gasteiger partial charge is 0.359 e. The number of carbonyl (C=O) groups excluding carboxylic acids is 3. The molecule has 0 bridgehead atoms. The number of nitrogens with zero attached hydrogens (tertiary/aromatic N) is 1. The minimum Gasteiger partial charge on any atom is -0.359 e. The zero-order valence-corrected chi connectivity index (χ0v) is 29.3. The number of fused-ring (bicyclic) bond motifs is 7. The minimum absolute atomic E-state index is 0.00573. The molecule has 5 aliphatic rings. The molecule has 1 amide bonds. The molecule has 1 N–H and O–H groups in total. The van der Waals surface area contributed by atoms with Crippen LogP contribution in [-0.2, 0) is 14.4 Å². The highest BCUT2D eigenvalue weighted by Gasteiger charge is 2.74. The first-order chi connectivity index (χ1) is 20.1. The summed E-state index contributed by atoms with van der Waals surface area (Å²) in [7, 11) is 1.69. The number of hydrogen-bond donors (Lipinski definition) is 1. The van der Waals surface area contributed by atoms with Gasteiger partial charge in [0, 0.05) is 30.2 Å². The van der Waals surface area contributed by atoms with Crippen molar-refractivity contribution in [3.63, 3.8) is 0 Å². The van der Waals surface area contributed by atoms with E-state index in [4.69, 9.17) is 0 Å². The summed E-state index contributed by atoms with van der Waals surface area (Å²) >= 11 is 0. The summed E-state index contributed by atoms with van der Waals surface area (Å²) in [4.78, 5) is 40.7. The minimum atomic E-state index is -0.718. The Morgan fingerprint density at radius 1 is 0.955 bits per heavy atom. The number of rotatable bonds is 4. The van der Waals surface area contributed by atoms with Crippen LogP contribution in [0.15, 0.2) is 34.9 Å². The number of ketones is 2. The lowest BCUT2D eigenvalue weighted by atomic mass is 9.29. The number of nitriles is 1. The highest BCUT2D eigenvalue weighted by Crippen LogP contribution is 2.79. The molecule has 0 aromatic heterocycles. The fourth-order valence-corrected chi connectivity index (χ4v) is 11.9. The maximum absolute atomic E-state index is 15.0. The molecule has 5 heteroatoms. The Bertz CT molecular complexity index is 1460. The van der Waals surface area contributed by atoms with Crippen molar-refractivity contribution < 1.29 is 14.4 Å². The molecule has 0 spiro atoms. The second-order valence-electron chi connectivity index (χ2n) is 17.9. The molecular formula is C39H56N2O3. The van der Waals surface area contributed by atoms with Crippen LogP contribution in [0.4, 0.5) is 0 Å². The summed E-state index contributed by atoms with van der Waals surface area (Å²) in [5, 5.41) is 12.8. The lowest BCUT2D eigenvalue weighted by Crippen LogP contribution is -2.69. The first-order valence-electron chi connectivity index (χ1n) is 16.9. The van der Waals surface area contributed by atoms with Crippen LogP contribution in [0, 0.1) is 60.6 Å². The Labute approximate surface area is 266 Å². The molecule has 0 heterocycles. The van der Waals surface area contributed by atoms with E-state index in [0.29, 0.717) is 6.42 Å². The second kappa shape index (κ2) is 9.76. The van der Waals surface area contributed by atoms with E-state index in [2.05, 4.69) is 72.9 Å². The van der Waals surface area contributed by atoms with Crippen LogP contribution in [0.3, 0.4) is 0 Å². The van der Waals surface area contributed by atoms with Crippen molar-refractivity contribution >= 4 is 17.5 Å². The number of allylic oxidation sites excluding steroid dienone is 5. The molecule has 0 radical (unpaired) electrons. The maximum Gasteiger partial charge on any atom is 0.223 e. The van der Waals surface area contributed by atoms with Crippen LogP contribution in [0.2, 0.25) is 0 Å². The number of Topliss-reactive ketones (excluding diaryl/α,β-unsaturated/α-hetero) is 1. The van der Waals surface area contributed by atoms with E-state index >= 15 is 0 Å². The van der Waals surface area contributed by atoms with Crippen molar-refractivity contribution in [1.29, 1.82) is 5.26 Å². The van der Waals surface area contributed by atoms with E-state index in [9.17, 15) is 19.6 Å². The predicted molar refractivity (Wildman–Crippen MR) is 175 cm³/mol. The van der Waals surface area contributed by atoms with Crippen molar-refractivity contribution in [3.05, 3.63) is 34.9 Å². The Morgan fingerprint density at radius 3 is 2.20 bits per heavy atom. The molecule has 3 fully saturated rings. The van der Waals surface area contributed by atoms with Gasteiger partial charge in [-0.05, 0) is 102 Å². The lowest BCUT2D eigenvalue weighted by molar-refractivity contribution is -0.210. The highest BCUT2D eigenvalue weighted by molar-refractivity contribution is 6.05. The van der Waals surface area contributed by atoms with E-state index in [1.807, 2.05) is 26.0 Å². The summed E-state index contributed by atoms with van der Waals surface area (Å²) in [6, 6.07) is 2.23. The van der Waals surface area contributed by atoms with Gasteiger partial charge < -0.3 is 5.32 Å². The zero-order chi connectivity index (χ0) is 32.9. The second-order valence-corrected chi connectivity index (χ2v) is 17.9. The van der Waals surface area contributed by atoms with Crippen LogP contribution in [-0.4, -0.2) is 24.5 Å². The number of amides is 1. The first-order valence-corrected chi connectivity index (χ1v) is 16.9. The van der Waals surface area contributed by atoms with Gasteiger partial charge in [0.15, 0.2) is 11.6 Å². The Morgan fingerprint density at radius 2 is 1.59 bits per heavy atom. The van der Waals surface area contributed by atoms with Crippen molar-refractivity contribution in [3.8, 4) is 6.07 Å². The van der Waals surface area contributed by atoms with Gasteiger partial charge >= 0.3 is 0 Å². The topological polar surface area (TPSA) is 87.0 Å². The van der Waals surface area contributed by atoms with Gasteiger partial charge in [0.25, 0.3) is 0 Å². The average Bonchev–Trinajstić information content (AvgIpc) is 2.93. The monoisotopic (exact) mass is 600 g/mol. The first kappa shape index (κ1) is 32.9. The Kier molecular flexibility index (Phi) is 7.30. The third-order valence-electron chi connectivity index (χ3n) is 15.3. The van der Waals surface area contributed by atoms with Gasteiger partial charge in [0.1, 0.15) is 6.07 Å². The predicted octanol–water partition coefficient (Wildman–Crippen LogP) is 8.46. The van der Waals surface area contributed by atoms with E-state index in [-0.39, 0.29) is 56.0 Å². The van der Waals surface area contributed by atoms with Gasteiger partial charge in [-0.2, -0.15) is 5.26 Å². The molecule has 5 nitrogen and oxygen atoms in total. The number of hydrogen-bond acceptors (Lipinski definition) is 4. The SMILES string of the molecule is CNC(=O)C/C(C)=C/C[C@]12CCC(C)(C)C[C@@]1(C)[C@H]1C(=O)C=C3[C@@]4(C)C=C(C#N)C(=O)C(C)(C)[C@]4(C)CC[C@@]3(C)[C@]1(C)CC2. The standard InChI is InChI=1S/C39H56N2O3/c1-25(20-29(43)41-11)12-13-39-18-14-32(2,3)24-37(39,9)30-27(42)21-28-34(6,35(30,7)16-19-39)15-17-38(10)33(4,5)31(44)26(23-40)22-36(28,38)8/h12,21-22,30H,13-20,24H2,1-11H3,(H,41,43)/b25-12+/t30-,34+,35+,36+,37-,38-,39+/m0/s1. The van der Waals surface area contributed by atoms with Gasteiger partial charge in [-0.1, -0.05) is 80.0 Å². The molecular weight excluding hydrogens is 544 g/mol. The van der Waals surface area contributed by atoms with Crippen molar-refractivity contribution in [2.24, 2.45) is 49.2 Å². The van der Waals surface area contributed by atoms with Crippen LogP contribution >= 0.6 is 0 Å². The van der Waals surface area contributed by atoms with Crippen molar-refractivity contribution in [2.75, 3.05) is 7.05 Å². The van der Waals surface area contributed by atoms with E-state index in [1.165, 1.54) is 0 Å². The van der Waals surface area contributed by atoms with E-state index in [1.54, 1.807) is 7.05 Å². The fourth-order valence-electron chi connectivity index (χ4n) is 11.9. The van der Waals surface area contributed by atoms with Gasteiger partial charge in [-0.15, -0.1) is 0 Å². The molecule has 0 aliphatic heterocycles. The number of nitrogens with one attached hydrogen (secondary N) is 1. The summed E-state index contributed by atoms with van der Waals surface area (Å²) in [5.41, 5.74) is 0.207. The van der Waals surface area contributed by atoms with Gasteiger partial charge in [-0.25, -0.2) is 0 Å². The van der Waals surface area contributed by atoms with Gasteiger partial charge in [-0.3, -0.25) is 14.4 Å². The molecule has 0 aromatic rings. The summed E-state index contributed by atoms with van der Waals surface area (Å²) in [6.07, 6.45) is 14.6. The molecule has 5 aliphatic carbocycles. The van der Waals surface area contributed by atoms with Gasteiger partial charge in [0.2, 0.25) is 5.91 Å². The van der Waals surface area contributed by atoms with Crippen LogP contribution in [0.25, 0.3) is 0 Å². The lowest BCUT2D eigenvalue weighted by Gasteiger charge is -2.74. The highest BCUT2D eigenvalue weighted by atomic mass is 16.1. The normalized spacial score (nSPS) is 44.1. The quantitative estimate of drug-likeness (QED) is 0.328. The van der Waals surface area contributed by atoms with Crippen molar-refractivity contribution in [1.82, 2.24) is 5.32 Å². The van der Waals surface area contributed by atoms with Gasteiger partial charge in [0.05, 0.1) is 5.57 Å². The smallest absolute Gasteiger partial charge is 0.223 e. The molecule has 3 saturated carbocycles. The summed E-state index contributed by atoms with van der Waals surface area (Å²) < 4.78 is 0. The summed E-state index contributed by atoms with van der Waals surface area (Å²) in [6.45, 7) is 22.5. The zero-order valence-electron chi connectivity index (χ0n) is 29.3. The third kappa shape index (κ3) is 3.97. The molecule has 44 heavy (non-hydrogen) atoms. The molecule has 240 valence electrons. The van der Waals surface area contributed by atoms with Crippen LogP contribution in [0.1, 0.15) is 127 Å². The van der Waals surface area contributed by atoms with E-state index < -0.39 is 16.2 Å². The Balaban J connectivity index is 1.68. The third-order valence-corrected chi connectivity index (χ3v) is 15.3. The van der Waals surface area contributed by atoms with E-state index in [0.717, 1.165) is 62.5 Å². The maximum atomic E-state index is 15.0.